The molecule has 0 spiro atoms. The SMILES string of the molecule is CCC(CC)NC(=O)c1cncc(C#CCO)c1. The number of aliphatic hydroxyl groups excluding tert-OH is 1. The van der Waals surface area contributed by atoms with Crippen LogP contribution in [0, 0.1) is 11.8 Å². The van der Waals surface area contributed by atoms with Gasteiger partial charge in [-0.2, -0.15) is 0 Å². The molecule has 0 atom stereocenters. The summed E-state index contributed by atoms with van der Waals surface area (Å²) < 4.78 is 0. The van der Waals surface area contributed by atoms with E-state index in [1.165, 1.54) is 6.20 Å². The molecule has 4 nitrogen and oxygen atoms in total. The van der Waals surface area contributed by atoms with Gasteiger partial charge in [-0.3, -0.25) is 9.78 Å². The van der Waals surface area contributed by atoms with Crippen molar-refractivity contribution in [2.75, 3.05) is 6.61 Å². The molecule has 0 bridgehead atoms. The lowest BCUT2D eigenvalue weighted by Gasteiger charge is -2.14. The van der Waals surface area contributed by atoms with Crippen LogP contribution in [0.2, 0.25) is 0 Å². The van der Waals surface area contributed by atoms with E-state index in [0.717, 1.165) is 12.8 Å². The van der Waals surface area contributed by atoms with Crippen LogP contribution in [0.15, 0.2) is 18.5 Å². The lowest BCUT2D eigenvalue weighted by molar-refractivity contribution is 0.0934. The van der Waals surface area contributed by atoms with E-state index < -0.39 is 0 Å². The predicted octanol–water partition coefficient (Wildman–Crippen LogP) is 1.34. The minimum Gasteiger partial charge on any atom is -0.384 e. The van der Waals surface area contributed by atoms with Crippen molar-refractivity contribution >= 4 is 5.91 Å². The van der Waals surface area contributed by atoms with Crippen molar-refractivity contribution in [2.45, 2.75) is 32.7 Å². The number of aliphatic hydroxyl groups is 1. The highest BCUT2D eigenvalue weighted by molar-refractivity contribution is 5.94. The van der Waals surface area contributed by atoms with Gasteiger partial charge in [0.1, 0.15) is 6.61 Å². The molecule has 18 heavy (non-hydrogen) atoms. The Morgan fingerprint density at radius 2 is 2.17 bits per heavy atom. The van der Waals surface area contributed by atoms with Crippen molar-refractivity contribution in [3.8, 4) is 11.8 Å². The van der Waals surface area contributed by atoms with Crippen LogP contribution in [0.1, 0.15) is 42.6 Å². The zero-order chi connectivity index (χ0) is 13.4. The minimum absolute atomic E-state index is 0.135. The first kappa shape index (κ1) is 14.2. The van der Waals surface area contributed by atoms with E-state index in [0.29, 0.717) is 11.1 Å². The van der Waals surface area contributed by atoms with Crippen LogP contribution in [0.5, 0.6) is 0 Å². The van der Waals surface area contributed by atoms with E-state index in [4.69, 9.17) is 5.11 Å². The third-order valence-electron chi connectivity index (χ3n) is 2.63. The Labute approximate surface area is 107 Å². The van der Waals surface area contributed by atoms with Crippen LogP contribution < -0.4 is 5.32 Å². The summed E-state index contributed by atoms with van der Waals surface area (Å²) in [4.78, 5) is 15.9. The summed E-state index contributed by atoms with van der Waals surface area (Å²) in [6.07, 6.45) is 4.89. The Morgan fingerprint density at radius 1 is 1.44 bits per heavy atom. The lowest BCUT2D eigenvalue weighted by atomic mass is 10.1. The molecular formula is C14H18N2O2. The molecule has 4 heteroatoms. The largest absolute Gasteiger partial charge is 0.384 e. The number of rotatable bonds is 4. The van der Waals surface area contributed by atoms with Gasteiger partial charge in [0.25, 0.3) is 5.91 Å². The van der Waals surface area contributed by atoms with Crippen molar-refractivity contribution in [3.05, 3.63) is 29.6 Å². The molecule has 0 aromatic carbocycles. The second-order valence-electron chi connectivity index (χ2n) is 3.91. The summed E-state index contributed by atoms with van der Waals surface area (Å²) >= 11 is 0. The fourth-order valence-electron chi connectivity index (χ4n) is 1.54. The molecule has 0 radical (unpaired) electrons. The Hall–Kier alpha value is -1.86. The average molecular weight is 246 g/mol. The van der Waals surface area contributed by atoms with Gasteiger partial charge in [0, 0.05) is 24.0 Å². The minimum atomic E-state index is -0.204. The highest BCUT2D eigenvalue weighted by Gasteiger charge is 2.10. The normalized spacial score (nSPS) is 9.78. The van der Waals surface area contributed by atoms with Crippen molar-refractivity contribution in [1.29, 1.82) is 0 Å². The van der Waals surface area contributed by atoms with Crippen LogP contribution in [-0.4, -0.2) is 28.6 Å². The van der Waals surface area contributed by atoms with E-state index in [1.54, 1.807) is 12.3 Å². The lowest BCUT2D eigenvalue weighted by Crippen LogP contribution is -2.33. The van der Waals surface area contributed by atoms with E-state index in [-0.39, 0.29) is 18.6 Å². The highest BCUT2D eigenvalue weighted by Crippen LogP contribution is 2.04. The topological polar surface area (TPSA) is 62.2 Å². The zero-order valence-corrected chi connectivity index (χ0v) is 10.7. The quantitative estimate of drug-likeness (QED) is 0.788. The van der Waals surface area contributed by atoms with Gasteiger partial charge in [0.15, 0.2) is 0 Å². The number of carbonyl (C=O) groups is 1. The average Bonchev–Trinajstić information content (AvgIpc) is 2.42. The van der Waals surface area contributed by atoms with Crippen LogP contribution in [0.25, 0.3) is 0 Å². The van der Waals surface area contributed by atoms with Crippen LogP contribution in [0.4, 0.5) is 0 Å². The second kappa shape index (κ2) is 7.46. The van der Waals surface area contributed by atoms with Crippen molar-refractivity contribution in [1.82, 2.24) is 10.3 Å². The maximum absolute atomic E-state index is 12.0. The molecule has 0 fully saturated rings. The number of nitrogens with one attached hydrogen (secondary N) is 1. The first-order valence-corrected chi connectivity index (χ1v) is 6.06. The molecule has 0 saturated heterocycles. The van der Waals surface area contributed by atoms with E-state index in [9.17, 15) is 4.79 Å². The summed E-state index contributed by atoms with van der Waals surface area (Å²) in [6, 6.07) is 1.86. The summed E-state index contributed by atoms with van der Waals surface area (Å²) in [5.41, 5.74) is 1.12. The fourth-order valence-corrected chi connectivity index (χ4v) is 1.54. The van der Waals surface area contributed by atoms with Crippen molar-refractivity contribution in [2.24, 2.45) is 0 Å². The van der Waals surface area contributed by atoms with Gasteiger partial charge in [-0.05, 0) is 18.9 Å². The molecule has 1 heterocycles. The summed E-state index contributed by atoms with van der Waals surface area (Å²) in [5, 5.41) is 11.6. The molecule has 1 aromatic heterocycles. The standard InChI is InChI=1S/C14H18N2O2/c1-3-13(4-2)16-14(18)12-8-11(6-5-7-17)9-15-10-12/h8-10,13,17H,3-4,7H2,1-2H3,(H,16,18). The molecule has 0 unspecified atom stereocenters. The molecule has 1 amide bonds. The monoisotopic (exact) mass is 246 g/mol. The number of carbonyl (C=O) groups excluding carboxylic acids is 1. The van der Waals surface area contributed by atoms with Gasteiger partial charge in [-0.25, -0.2) is 0 Å². The number of nitrogens with zero attached hydrogens (tertiary/aromatic N) is 1. The smallest absolute Gasteiger partial charge is 0.253 e. The Morgan fingerprint density at radius 3 is 2.78 bits per heavy atom. The van der Waals surface area contributed by atoms with Gasteiger partial charge in [-0.1, -0.05) is 25.7 Å². The van der Waals surface area contributed by atoms with Crippen molar-refractivity contribution in [3.63, 3.8) is 0 Å². The summed E-state index contributed by atoms with van der Waals surface area (Å²) in [5.74, 6) is 5.12. The second-order valence-corrected chi connectivity index (χ2v) is 3.91. The number of hydrogen-bond donors (Lipinski definition) is 2. The third kappa shape index (κ3) is 4.19. The van der Waals surface area contributed by atoms with Gasteiger partial charge in [0.2, 0.25) is 0 Å². The third-order valence-corrected chi connectivity index (χ3v) is 2.63. The van der Waals surface area contributed by atoms with Crippen LogP contribution >= 0.6 is 0 Å². The van der Waals surface area contributed by atoms with Gasteiger partial charge in [-0.15, -0.1) is 0 Å². The highest BCUT2D eigenvalue weighted by atomic mass is 16.2. The number of amides is 1. The molecule has 96 valence electrons. The van der Waals surface area contributed by atoms with Crippen LogP contribution in [-0.2, 0) is 0 Å². The number of pyridine rings is 1. The fraction of sp³-hybridized carbons (Fsp3) is 0.429. The van der Waals surface area contributed by atoms with Gasteiger partial charge in [0.05, 0.1) is 5.56 Å². The molecule has 1 aromatic rings. The Kier molecular flexibility index (Phi) is 5.89. The van der Waals surface area contributed by atoms with Gasteiger partial charge < -0.3 is 10.4 Å². The van der Waals surface area contributed by atoms with Crippen molar-refractivity contribution < 1.29 is 9.90 Å². The van der Waals surface area contributed by atoms with E-state index in [1.807, 2.05) is 13.8 Å². The molecule has 2 N–H and O–H groups in total. The molecule has 0 saturated carbocycles. The first-order valence-electron chi connectivity index (χ1n) is 6.06. The van der Waals surface area contributed by atoms with E-state index >= 15 is 0 Å². The number of aromatic nitrogens is 1. The van der Waals surface area contributed by atoms with Gasteiger partial charge >= 0.3 is 0 Å². The van der Waals surface area contributed by atoms with E-state index in [2.05, 4.69) is 22.1 Å². The Bertz CT molecular complexity index is 456. The predicted molar refractivity (Wildman–Crippen MR) is 70.0 cm³/mol. The first-order chi connectivity index (χ1) is 8.71. The molecule has 0 aliphatic rings. The molecule has 0 aliphatic heterocycles. The van der Waals surface area contributed by atoms with Crippen LogP contribution in [0.3, 0.4) is 0 Å². The number of hydrogen-bond acceptors (Lipinski definition) is 3. The molecule has 1 rings (SSSR count). The molecule has 0 aliphatic carbocycles. The summed E-state index contributed by atoms with van der Waals surface area (Å²) in [7, 11) is 0. The maximum atomic E-state index is 12.0. The zero-order valence-electron chi connectivity index (χ0n) is 10.7. The maximum Gasteiger partial charge on any atom is 0.253 e. The summed E-state index contributed by atoms with van der Waals surface area (Å²) in [6.45, 7) is 3.87. The Balaban J connectivity index is 2.79. The molecular weight excluding hydrogens is 228 g/mol.